The minimum atomic E-state index is -1.87. The van der Waals surface area contributed by atoms with Gasteiger partial charge in [-0.3, -0.25) is 0 Å². The Balaban J connectivity index is 1.40. The van der Waals surface area contributed by atoms with Crippen LogP contribution in [0.25, 0.3) is 0 Å². The van der Waals surface area contributed by atoms with Gasteiger partial charge >= 0.3 is 0 Å². The zero-order valence-electron chi connectivity index (χ0n) is 34.0. The molecule has 3 aliphatic heterocycles. The first-order chi connectivity index (χ1) is 23.9. The van der Waals surface area contributed by atoms with Crippen LogP contribution in [0, 0.1) is 11.8 Å². The van der Waals surface area contributed by atoms with Crippen LogP contribution in [0.15, 0.2) is 30.3 Å². The lowest BCUT2D eigenvalue weighted by Crippen LogP contribution is -2.49. The minimum Gasteiger partial charge on any atom is -0.413 e. The van der Waals surface area contributed by atoms with E-state index in [1.807, 2.05) is 0 Å². The molecule has 10 atom stereocenters. The maximum Gasteiger partial charge on any atom is 0.192 e. The monoisotopic (exact) mass is 733 g/mol. The number of rotatable bonds is 23. The van der Waals surface area contributed by atoms with Gasteiger partial charge in [-0.2, -0.15) is 0 Å². The summed E-state index contributed by atoms with van der Waals surface area (Å²) < 4.78 is 41.2. The summed E-state index contributed by atoms with van der Waals surface area (Å²) in [5.74, 6) is 0.592. The molecule has 1 aromatic rings. The third-order valence-electron chi connectivity index (χ3n) is 13.2. The number of hydrogen-bond donors (Lipinski definition) is 0. The highest BCUT2D eigenvalue weighted by molar-refractivity contribution is 6.74. The van der Waals surface area contributed by atoms with Crippen LogP contribution in [-0.4, -0.2) is 71.1 Å². The maximum atomic E-state index is 7.46. The van der Waals surface area contributed by atoms with E-state index in [0.717, 1.165) is 81.2 Å². The first-order valence-corrected chi connectivity index (χ1v) is 26.0. The highest BCUT2D eigenvalue weighted by Crippen LogP contribution is 2.46. The smallest absolute Gasteiger partial charge is 0.192 e. The molecule has 1 unspecified atom stereocenters. The van der Waals surface area contributed by atoms with Crippen LogP contribution >= 0.6 is 0 Å². The van der Waals surface area contributed by atoms with E-state index in [1.165, 1.54) is 5.56 Å². The van der Waals surface area contributed by atoms with Gasteiger partial charge in [0.05, 0.1) is 48.8 Å². The van der Waals surface area contributed by atoms with E-state index in [0.29, 0.717) is 12.5 Å². The molecule has 50 heavy (non-hydrogen) atoms. The van der Waals surface area contributed by atoms with Crippen LogP contribution in [0.5, 0.6) is 0 Å². The van der Waals surface area contributed by atoms with Crippen LogP contribution in [0.2, 0.25) is 36.3 Å². The summed E-state index contributed by atoms with van der Waals surface area (Å²) in [7, 11) is -3.61. The second kappa shape index (κ2) is 19.1. The van der Waals surface area contributed by atoms with E-state index in [4.69, 9.17) is 27.8 Å². The van der Waals surface area contributed by atoms with Crippen molar-refractivity contribution >= 4 is 16.6 Å². The van der Waals surface area contributed by atoms with Crippen molar-refractivity contribution in [2.75, 3.05) is 0 Å². The molecule has 0 aromatic heterocycles. The van der Waals surface area contributed by atoms with Gasteiger partial charge in [-0.15, -0.1) is 0 Å². The summed E-state index contributed by atoms with van der Waals surface area (Å²) in [4.78, 5) is 0. The molecule has 6 nitrogen and oxygen atoms in total. The molecule has 4 rings (SSSR count). The van der Waals surface area contributed by atoms with E-state index in [2.05, 4.69) is 106 Å². The number of ether oxygens (including phenoxy) is 4. The largest absolute Gasteiger partial charge is 0.413 e. The van der Waals surface area contributed by atoms with E-state index in [1.54, 1.807) is 0 Å². The molecule has 3 saturated heterocycles. The molecule has 3 heterocycles. The van der Waals surface area contributed by atoms with Crippen LogP contribution < -0.4 is 0 Å². The second-order valence-electron chi connectivity index (χ2n) is 16.6. The average Bonchev–Trinajstić information content (AvgIpc) is 3.57. The lowest BCUT2D eigenvalue weighted by atomic mass is 9.84. The van der Waals surface area contributed by atoms with Crippen LogP contribution in [0.4, 0.5) is 0 Å². The normalized spacial score (nSPS) is 28.5. The van der Waals surface area contributed by atoms with Gasteiger partial charge in [0.2, 0.25) is 0 Å². The van der Waals surface area contributed by atoms with Crippen molar-refractivity contribution in [2.24, 2.45) is 11.8 Å². The van der Waals surface area contributed by atoms with Crippen LogP contribution in [0.3, 0.4) is 0 Å². The molecule has 0 amide bonds. The zero-order valence-corrected chi connectivity index (χ0v) is 36.0. The molecule has 8 heteroatoms. The molecule has 3 aliphatic rings. The lowest BCUT2D eigenvalue weighted by molar-refractivity contribution is -0.0829. The summed E-state index contributed by atoms with van der Waals surface area (Å²) in [6.45, 7) is 26.2. The zero-order chi connectivity index (χ0) is 36.5. The van der Waals surface area contributed by atoms with Crippen molar-refractivity contribution in [2.45, 2.75) is 218 Å². The molecule has 0 radical (unpaired) electrons. The highest BCUT2D eigenvalue weighted by Gasteiger charge is 2.58. The fraction of sp³-hybridized carbons (Fsp3) is 0.857. The standard InChI is InChI=1S/C42H76O6Si2/c1-12-22-34(43-30-33-23-20-19-21-24-33)29-35-25-26-36(44-35)31(8)39(47-49(13-2,14-3)15-4)32(9)37-27-28-38(45-37)40-41(46-40)42(10,11)48-50(16-5,17-6)18-7/h19-21,23-24,31-32,34-41H,12-18,22,25-30H2,1-11H3/t31-,32-,34+,35+,36-,37+,38-,39+,40+,41?/m1/s1. The fourth-order valence-corrected chi connectivity index (χ4v) is 15.4. The number of hydrogen-bond acceptors (Lipinski definition) is 6. The Hall–Kier alpha value is -0.586. The van der Waals surface area contributed by atoms with Gasteiger partial charge in [-0.1, -0.05) is 99.1 Å². The molecule has 0 N–H and O–H groups in total. The molecular weight excluding hydrogens is 657 g/mol. The van der Waals surface area contributed by atoms with Gasteiger partial charge < -0.3 is 27.8 Å². The fourth-order valence-electron chi connectivity index (χ4n) is 9.24. The van der Waals surface area contributed by atoms with Crippen molar-refractivity contribution in [1.29, 1.82) is 0 Å². The maximum absolute atomic E-state index is 7.46. The SMILES string of the molecule is CCC[C@@H](C[C@@H]1CC[C@H]([C@@H](C)[C@H](O[Si](CC)(CC)CC)[C@H](C)[C@@H]2CC[C@H]([C@@H]3OC3C(C)(C)O[Si](CC)(CC)CC)O2)O1)OCc1ccccc1. The van der Waals surface area contributed by atoms with E-state index < -0.39 is 16.6 Å². The third kappa shape index (κ3) is 10.5. The number of epoxide rings is 1. The molecular formula is C42H76O6Si2. The van der Waals surface area contributed by atoms with Crippen molar-refractivity contribution in [3.63, 3.8) is 0 Å². The van der Waals surface area contributed by atoms with Crippen molar-refractivity contribution in [3.05, 3.63) is 35.9 Å². The van der Waals surface area contributed by atoms with Gasteiger partial charge in [0.25, 0.3) is 0 Å². The van der Waals surface area contributed by atoms with Crippen LogP contribution in [-0.2, 0) is 34.4 Å². The average molecular weight is 733 g/mol. The Kier molecular flexibility index (Phi) is 16.1. The summed E-state index contributed by atoms with van der Waals surface area (Å²) in [6, 6.07) is 17.5. The Bertz CT molecular complexity index is 1090. The van der Waals surface area contributed by atoms with Gasteiger partial charge in [0.1, 0.15) is 12.2 Å². The Morgan fingerprint density at radius 1 is 0.740 bits per heavy atom. The Labute approximate surface area is 309 Å². The first kappa shape index (κ1) is 42.2. The first-order valence-electron chi connectivity index (χ1n) is 20.9. The van der Waals surface area contributed by atoms with Gasteiger partial charge in [-0.25, -0.2) is 0 Å². The number of benzene rings is 1. The van der Waals surface area contributed by atoms with Crippen molar-refractivity contribution in [1.82, 2.24) is 0 Å². The third-order valence-corrected chi connectivity index (χ3v) is 22.7. The minimum absolute atomic E-state index is 0.112. The van der Waals surface area contributed by atoms with Crippen LogP contribution in [0.1, 0.15) is 127 Å². The molecule has 0 saturated carbocycles. The summed E-state index contributed by atoms with van der Waals surface area (Å²) in [5.41, 5.74) is 0.960. The summed E-state index contributed by atoms with van der Waals surface area (Å²) in [5, 5.41) is 0. The molecule has 0 spiro atoms. The van der Waals surface area contributed by atoms with E-state index in [9.17, 15) is 0 Å². The highest BCUT2D eigenvalue weighted by atomic mass is 28.4. The van der Waals surface area contributed by atoms with Gasteiger partial charge in [0, 0.05) is 11.8 Å². The Morgan fingerprint density at radius 3 is 1.90 bits per heavy atom. The van der Waals surface area contributed by atoms with E-state index in [-0.39, 0.29) is 60.4 Å². The summed E-state index contributed by atoms with van der Waals surface area (Å²) in [6.07, 6.45) is 8.80. The predicted octanol–water partition coefficient (Wildman–Crippen LogP) is 11.1. The quantitative estimate of drug-likeness (QED) is 0.0825. The van der Waals surface area contributed by atoms with Crippen molar-refractivity contribution < 1.29 is 27.8 Å². The molecule has 288 valence electrons. The molecule has 1 aromatic carbocycles. The van der Waals surface area contributed by atoms with Gasteiger partial charge in [-0.05, 0) is 94.2 Å². The Morgan fingerprint density at radius 2 is 1.32 bits per heavy atom. The predicted molar refractivity (Wildman–Crippen MR) is 212 cm³/mol. The molecule has 0 aliphatic carbocycles. The van der Waals surface area contributed by atoms with Crippen molar-refractivity contribution in [3.8, 4) is 0 Å². The topological polar surface area (TPSA) is 58.7 Å². The molecule has 0 bridgehead atoms. The second-order valence-corrected chi connectivity index (χ2v) is 26.0. The lowest BCUT2D eigenvalue weighted by Gasteiger charge is -2.42. The van der Waals surface area contributed by atoms with E-state index >= 15 is 0 Å². The summed E-state index contributed by atoms with van der Waals surface area (Å²) >= 11 is 0. The molecule has 3 fully saturated rings. The van der Waals surface area contributed by atoms with Gasteiger partial charge in [0.15, 0.2) is 16.6 Å².